The molecule has 0 aromatic carbocycles. The molecule has 4 heteroatoms. The minimum absolute atomic E-state index is 0.950. The molecule has 1 radical (unpaired) electrons. The zero-order valence-corrected chi connectivity index (χ0v) is 6.52. The predicted octanol–water partition coefficient (Wildman–Crippen LogP) is 0.114. The second-order valence-corrected chi connectivity index (χ2v) is 3.38. The lowest BCUT2D eigenvalue weighted by molar-refractivity contribution is 0.496. The van der Waals surface area contributed by atoms with Crippen LogP contribution in [0.25, 0.3) is 0 Å². The van der Waals surface area contributed by atoms with Crippen molar-refractivity contribution in [3.8, 4) is 0 Å². The highest BCUT2D eigenvalue weighted by atomic mass is 32.2. The van der Waals surface area contributed by atoms with Crippen LogP contribution in [0.2, 0.25) is 0 Å². The van der Waals surface area contributed by atoms with Crippen LogP contribution in [-0.4, -0.2) is 36.6 Å². The number of hydrogen-bond acceptors (Lipinski definition) is 4. The standard InChI is InChI=1S/C6H10N3S/c1-3-9(5-7-1)6-8-2-4-10-6/h5,8H,1-4H2. The molecule has 3 nitrogen and oxygen atoms in total. The molecule has 2 aliphatic rings. The molecule has 0 saturated carbocycles. The highest BCUT2D eigenvalue weighted by Gasteiger charge is 2.23. The zero-order valence-electron chi connectivity index (χ0n) is 5.71. The van der Waals surface area contributed by atoms with Crippen LogP contribution in [0.5, 0.6) is 0 Å². The fourth-order valence-corrected chi connectivity index (χ4v) is 1.98. The van der Waals surface area contributed by atoms with Crippen LogP contribution in [0.15, 0.2) is 4.99 Å². The molecule has 10 heavy (non-hydrogen) atoms. The summed E-state index contributed by atoms with van der Waals surface area (Å²) in [6.07, 6.45) is 1.92. The number of thioether (sulfide) groups is 1. The van der Waals surface area contributed by atoms with E-state index >= 15 is 0 Å². The monoisotopic (exact) mass is 156 g/mol. The van der Waals surface area contributed by atoms with Crippen LogP contribution >= 0.6 is 11.8 Å². The molecule has 2 aliphatic heterocycles. The summed E-state index contributed by atoms with van der Waals surface area (Å²) in [6.45, 7) is 3.10. The molecule has 0 aromatic heterocycles. The molecular weight excluding hydrogens is 146 g/mol. The van der Waals surface area contributed by atoms with Crippen molar-refractivity contribution in [2.24, 2.45) is 4.99 Å². The lowest BCUT2D eigenvalue weighted by Crippen LogP contribution is -2.30. The Kier molecular flexibility index (Phi) is 1.82. The first-order valence-electron chi connectivity index (χ1n) is 3.47. The highest BCUT2D eigenvalue weighted by Crippen LogP contribution is 2.24. The van der Waals surface area contributed by atoms with Crippen molar-refractivity contribution in [3.63, 3.8) is 0 Å². The van der Waals surface area contributed by atoms with E-state index in [2.05, 4.69) is 15.2 Å². The number of aliphatic imine (C=N–C) groups is 1. The molecule has 55 valence electrons. The van der Waals surface area contributed by atoms with Gasteiger partial charge in [0.1, 0.15) is 0 Å². The molecule has 2 rings (SSSR count). The predicted molar refractivity (Wildman–Crippen MR) is 43.8 cm³/mol. The van der Waals surface area contributed by atoms with Crippen LogP contribution in [0.3, 0.4) is 0 Å². The van der Waals surface area contributed by atoms with Gasteiger partial charge in [-0.25, -0.2) is 0 Å². The van der Waals surface area contributed by atoms with E-state index in [1.165, 1.54) is 11.3 Å². The lowest BCUT2D eigenvalue weighted by atomic mass is 10.6. The van der Waals surface area contributed by atoms with E-state index in [9.17, 15) is 0 Å². The topological polar surface area (TPSA) is 27.6 Å². The van der Waals surface area contributed by atoms with Gasteiger partial charge in [-0.3, -0.25) is 10.3 Å². The quantitative estimate of drug-likeness (QED) is 0.584. The van der Waals surface area contributed by atoms with Gasteiger partial charge in [0.2, 0.25) is 0 Å². The maximum Gasteiger partial charge on any atom is 0.188 e. The first kappa shape index (κ1) is 6.49. The normalized spacial score (nSPS) is 26.6. The van der Waals surface area contributed by atoms with Crippen molar-refractivity contribution < 1.29 is 0 Å². The Morgan fingerprint density at radius 2 is 2.70 bits per heavy atom. The minimum atomic E-state index is 0.950. The van der Waals surface area contributed by atoms with E-state index in [0.717, 1.165) is 19.6 Å². The number of rotatable bonds is 1. The Morgan fingerprint density at radius 1 is 1.70 bits per heavy atom. The smallest absolute Gasteiger partial charge is 0.188 e. The van der Waals surface area contributed by atoms with Crippen molar-refractivity contribution >= 4 is 18.1 Å². The second-order valence-electron chi connectivity index (χ2n) is 2.30. The molecule has 0 aromatic rings. The van der Waals surface area contributed by atoms with Crippen LogP contribution in [-0.2, 0) is 0 Å². The summed E-state index contributed by atoms with van der Waals surface area (Å²) in [5.41, 5.74) is 1.28. The summed E-state index contributed by atoms with van der Waals surface area (Å²) in [5, 5.41) is 3.31. The van der Waals surface area contributed by atoms with Gasteiger partial charge in [-0.2, -0.15) is 0 Å². The molecule has 0 atom stereocenters. The fraction of sp³-hybridized carbons (Fsp3) is 0.667. The van der Waals surface area contributed by atoms with E-state index in [1.807, 2.05) is 18.1 Å². The van der Waals surface area contributed by atoms with E-state index < -0.39 is 0 Å². The molecule has 1 saturated heterocycles. The van der Waals surface area contributed by atoms with Crippen molar-refractivity contribution in [1.82, 2.24) is 10.2 Å². The van der Waals surface area contributed by atoms with Crippen LogP contribution in [0, 0.1) is 5.50 Å². The molecule has 0 unspecified atom stereocenters. The summed E-state index contributed by atoms with van der Waals surface area (Å²) in [7, 11) is 0. The molecule has 1 fully saturated rings. The van der Waals surface area contributed by atoms with E-state index in [0.29, 0.717) is 0 Å². The van der Waals surface area contributed by atoms with Crippen molar-refractivity contribution in [2.45, 2.75) is 0 Å². The van der Waals surface area contributed by atoms with E-state index in [-0.39, 0.29) is 0 Å². The van der Waals surface area contributed by atoms with Crippen molar-refractivity contribution in [1.29, 1.82) is 0 Å². The molecular formula is C6H10N3S. The molecule has 0 aliphatic carbocycles. The Hall–Kier alpha value is -0.220. The van der Waals surface area contributed by atoms with Gasteiger partial charge in [-0.15, -0.1) is 11.8 Å². The molecule has 2 heterocycles. The summed E-state index contributed by atoms with van der Waals surface area (Å²) >= 11 is 1.88. The molecule has 0 spiro atoms. The van der Waals surface area contributed by atoms with Crippen LogP contribution in [0.4, 0.5) is 0 Å². The summed E-state index contributed by atoms with van der Waals surface area (Å²) in [6, 6.07) is 0. The molecule has 0 amide bonds. The summed E-state index contributed by atoms with van der Waals surface area (Å²) in [5.74, 6) is 1.19. The Labute approximate surface area is 64.9 Å². The van der Waals surface area contributed by atoms with Gasteiger partial charge >= 0.3 is 0 Å². The maximum absolute atomic E-state index is 4.14. The Balaban J connectivity index is 1.91. The average Bonchev–Trinajstić information content (AvgIpc) is 2.59. The fourth-order valence-electron chi connectivity index (χ4n) is 1.07. The number of hydrogen-bond donors (Lipinski definition) is 1. The van der Waals surface area contributed by atoms with E-state index in [4.69, 9.17) is 0 Å². The second kappa shape index (κ2) is 2.80. The highest BCUT2D eigenvalue weighted by molar-refractivity contribution is 8.02. The van der Waals surface area contributed by atoms with Gasteiger partial charge in [0.25, 0.3) is 0 Å². The molecule has 1 N–H and O–H groups in total. The largest absolute Gasteiger partial charge is 0.330 e. The van der Waals surface area contributed by atoms with Crippen LogP contribution < -0.4 is 5.32 Å². The summed E-state index contributed by atoms with van der Waals surface area (Å²) in [4.78, 5) is 6.31. The Morgan fingerprint density at radius 3 is 3.30 bits per heavy atom. The van der Waals surface area contributed by atoms with Gasteiger partial charge in [-0.05, 0) is 0 Å². The van der Waals surface area contributed by atoms with Crippen LogP contribution in [0.1, 0.15) is 0 Å². The third kappa shape index (κ3) is 1.13. The van der Waals surface area contributed by atoms with Gasteiger partial charge in [-0.1, -0.05) is 0 Å². The minimum Gasteiger partial charge on any atom is -0.330 e. The lowest BCUT2D eigenvalue weighted by Gasteiger charge is -2.18. The third-order valence-corrected chi connectivity index (χ3v) is 2.63. The zero-order chi connectivity index (χ0) is 6.81. The SMILES string of the molecule is C1=NCCN1[C]1NCCS1. The van der Waals surface area contributed by atoms with Gasteiger partial charge in [0.15, 0.2) is 5.50 Å². The van der Waals surface area contributed by atoms with Crippen molar-refractivity contribution in [2.75, 3.05) is 25.4 Å². The first-order chi connectivity index (χ1) is 4.97. The number of nitrogens with zero attached hydrogens (tertiary/aromatic N) is 2. The molecule has 0 bridgehead atoms. The first-order valence-corrected chi connectivity index (χ1v) is 4.45. The third-order valence-electron chi connectivity index (χ3n) is 1.57. The Bertz CT molecular complexity index is 142. The van der Waals surface area contributed by atoms with E-state index in [1.54, 1.807) is 0 Å². The average molecular weight is 156 g/mol. The number of nitrogens with one attached hydrogen (secondary N) is 1. The van der Waals surface area contributed by atoms with Gasteiger partial charge in [0, 0.05) is 18.8 Å². The summed E-state index contributed by atoms with van der Waals surface area (Å²) < 4.78 is 0. The maximum atomic E-state index is 4.14. The van der Waals surface area contributed by atoms with Gasteiger partial charge < -0.3 is 4.90 Å². The van der Waals surface area contributed by atoms with Gasteiger partial charge in [0.05, 0.1) is 12.9 Å². The van der Waals surface area contributed by atoms with Crippen molar-refractivity contribution in [3.05, 3.63) is 5.50 Å².